The van der Waals surface area contributed by atoms with Crippen LogP contribution in [0.25, 0.3) is 11.5 Å². The minimum absolute atomic E-state index is 0.0380. The number of thiazole rings is 1. The van der Waals surface area contributed by atoms with Crippen molar-refractivity contribution >= 4 is 27.0 Å². The van der Waals surface area contributed by atoms with E-state index < -0.39 is 10.0 Å². The SMILES string of the molecule is COC[C@H](C)n1c(-c2ccco2)csc1=Nc1ccc(S(=O)(=O)N2CCOCC2)cc1. The van der Waals surface area contributed by atoms with Crippen molar-refractivity contribution in [3.8, 4) is 11.5 Å². The van der Waals surface area contributed by atoms with E-state index in [2.05, 4.69) is 11.5 Å². The Morgan fingerprint density at radius 2 is 1.94 bits per heavy atom. The van der Waals surface area contributed by atoms with Gasteiger partial charge >= 0.3 is 0 Å². The number of morpholine rings is 1. The van der Waals surface area contributed by atoms with Crippen molar-refractivity contribution in [3.63, 3.8) is 0 Å². The molecule has 166 valence electrons. The number of methoxy groups -OCH3 is 1. The highest BCUT2D eigenvalue weighted by Crippen LogP contribution is 2.25. The molecule has 4 rings (SSSR count). The molecule has 1 fully saturated rings. The maximum absolute atomic E-state index is 12.8. The standard InChI is InChI=1S/C21H25N3O5S2/c1-16(14-27-2)24-19(20-4-3-11-29-20)15-30-21(24)22-17-5-7-18(8-6-17)31(25,26)23-9-12-28-13-10-23/h3-8,11,15-16H,9-10,12-14H2,1-2H3/t16-/m0/s1. The quantitative estimate of drug-likeness (QED) is 0.537. The molecule has 1 aliphatic rings. The first-order valence-corrected chi connectivity index (χ1v) is 12.3. The Morgan fingerprint density at radius 1 is 1.19 bits per heavy atom. The Hall–Kier alpha value is -2.24. The smallest absolute Gasteiger partial charge is 0.243 e. The predicted molar refractivity (Wildman–Crippen MR) is 118 cm³/mol. The maximum atomic E-state index is 12.8. The number of ether oxygens (including phenoxy) is 2. The second-order valence-electron chi connectivity index (χ2n) is 7.18. The molecule has 1 aromatic carbocycles. The highest BCUT2D eigenvalue weighted by molar-refractivity contribution is 7.89. The molecule has 0 amide bonds. The van der Waals surface area contributed by atoms with Gasteiger partial charge in [0.1, 0.15) is 0 Å². The van der Waals surface area contributed by atoms with Crippen LogP contribution < -0.4 is 4.80 Å². The number of nitrogens with zero attached hydrogens (tertiary/aromatic N) is 3. The van der Waals surface area contributed by atoms with Crippen LogP contribution in [0.2, 0.25) is 0 Å². The van der Waals surface area contributed by atoms with Gasteiger partial charge in [0.15, 0.2) is 10.6 Å². The van der Waals surface area contributed by atoms with Crippen LogP contribution in [-0.2, 0) is 19.5 Å². The van der Waals surface area contributed by atoms with E-state index in [1.54, 1.807) is 37.6 Å². The van der Waals surface area contributed by atoms with Crippen molar-refractivity contribution in [2.24, 2.45) is 4.99 Å². The summed E-state index contributed by atoms with van der Waals surface area (Å²) in [4.78, 5) is 5.80. The van der Waals surface area contributed by atoms with Crippen LogP contribution in [-0.4, -0.2) is 57.3 Å². The minimum Gasteiger partial charge on any atom is -0.463 e. The zero-order valence-corrected chi connectivity index (χ0v) is 19.1. The summed E-state index contributed by atoms with van der Waals surface area (Å²) in [6.45, 7) is 4.16. The minimum atomic E-state index is -3.53. The average Bonchev–Trinajstić information content (AvgIpc) is 3.45. The normalized spacial score (nSPS) is 17.2. The van der Waals surface area contributed by atoms with Crippen molar-refractivity contribution in [2.45, 2.75) is 17.9 Å². The molecule has 3 aromatic rings. The predicted octanol–water partition coefficient (Wildman–Crippen LogP) is 3.27. The lowest BCUT2D eigenvalue weighted by Crippen LogP contribution is -2.40. The molecule has 0 N–H and O–H groups in total. The van der Waals surface area contributed by atoms with E-state index in [0.717, 1.165) is 16.3 Å². The summed E-state index contributed by atoms with van der Waals surface area (Å²) in [5, 5.41) is 2.00. The van der Waals surface area contributed by atoms with Gasteiger partial charge in [-0.1, -0.05) is 0 Å². The number of hydrogen-bond donors (Lipinski definition) is 0. The molecule has 31 heavy (non-hydrogen) atoms. The zero-order valence-electron chi connectivity index (χ0n) is 17.4. The Bertz CT molecular complexity index is 1160. The molecule has 0 spiro atoms. The zero-order chi connectivity index (χ0) is 21.8. The summed E-state index contributed by atoms with van der Waals surface area (Å²) in [5.74, 6) is 0.757. The maximum Gasteiger partial charge on any atom is 0.243 e. The topological polar surface area (TPSA) is 86.3 Å². The van der Waals surface area contributed by atoms with E-state index in [9.17, 15) is 8.42 Å². The summed E-state index contributed by atoms with van der Waals surface area (Å²) in [5.41, 5.74) is 1.59. The fourth-order valence-corrected chi connectivity index (χ4v) is 5.89. The summed E-state index contributed by atoms with van der Waals surface area (Å²) >= 11 is 1.50. The molecular weight excluding hydrogens is 438 g/mol. The van der Waals surface area contributed by atoms with Crippen LogP contribution in [0.15, 0.2) is 62.3 Å². The molecule has 0 unspecified atom stereocenters. The Kier molecular flexibility index (Phi) is 6.73. The summed E-state index contributed by atoms with van der Waals surface area (Å²) < 4.78 is 45.4. The highest BCUT2D eigenvalue weighted by atomic mass is 32.2. The number of benzene rings is 1. The number of rotatable bonds is 7. The van der Waals surface area contributed by atoms with Gasteiger partial charge in [0.05, 0.1) is 48.4 Å². The molecule has 0 saturated carbocycles. The van der Waals surface area contributed by atoms with Gasteiger partial charge in [-0.15, -0.1) is 11.3 Å². The molecule has 0 aliphatic carbocycles. The van der Waals surface area contributed by atoms with Crippen LogP contribution in [0.3, 0.4) is 0 Å². The van der Waals surface area contributed by atoms with Crippen LogP contribution in [0.4, 0.5) is 5.69 Å². The van der Waals surface area contributed by atoms with Crippen molar-refractivity contribution in [3.05, 3.63) is 52.8 Å². The molecule has 1 aliphatic heterocycles. The first kappa shape index (κ1) is 22.0. The number of aromatic nitrogens is 1. The number of furan rings is 1. The van der Waals surface area contributed by atoms with E-state index in [1.165, 1.54) is 15.6 Å². The van der Waals surface area contributed by atoms with Crippen LogP contribution in [0, 0.1) is 0 Å². The second kappa shape index (κ2) is 9.49. The van der Waals surface area contributed by atoms with Crippen LogP contribution >= 0.6 is 11.3 Å². The van der Waals surface area contributed by atoms with E-state index >= 15 is 0 Å². The molecule has 0 bridgehead atoms. The summed E-state index contributed by atoms with van der Waals surface area (Å²) in [7, 11) is -1.86. The molecule has 3 heterocycles. The van der Waals surface area contributed by atoms with Crippen LogP contribution in [0.5, 0.6) is 0 Å². The van der Waals surface area contributed by atoms with E-state index in [1.807, 2.05) is 17.5 Å². The summed E-state index contributed by atoms with van der Waals surface area (Å²) in [6.07, 6.45) is 1.64. The third kappa shape index (κ3) is 4.68. The molecule has 1 saturated heterocycles. The van der Waals surface area contributed by atoms with Crippen LogP contribution in [0.1, 0.15) is 13.0 Å². The summed E-state index contributed by atoms with van der Waals surface area (Å²) in [6, 6.07) is 10.5. The molecular formula is C21H25N3O5S2. The second-order valence-corrected chi connectivity index (χ2v) is 9.95. The lowest BCUT2D eigenvalue weighted by molar-refractivity contribution is 0.0730. The first-order valence-electron chi connectivity index (χ1n) is 9.96. The molecule has 1 atom stereocenters. The van der Waals surface area contributed by atoms with E-state index in [4.69, 9.17) is 18.9 Å². The molecule has 10 heteroatoms. The van der Waals surface area contributed by atoms with Gasteiger partial charge in [0, 0.05) is 25.6 Å². The lowest BCUT2D eigenvalue weighted by Gasteiger charge is -2.26. The van der Waals surface area contributed by atoms with Gasteiger partial charge in [-0.25, -0.2) is 13.4 Å². The molecule has 8 nitrogen and oxygen atoms in total. The largest absolute Gasteiger partial charge is 0.463 e. The third-order valence-corrected chi connectivity index (χ3v) is 7.79. The van der Waals surface area contributed by atoms with Gasteiger partial charge in [-0.05, 0) is 43.3 Å². The molecule has 0 radical (unpaired) electrons. The third-order valence-electron chi connectivity index (χ3n) is 5.03. The fourth-order valence-electron chi connectivity index (χ4n) is 3.49. The van der Waals surface area contributed by atoms with E-state index in [-0.39, 0.29) is 10.9 Å². The van der Waals surface area contributed by atoms with E-state index in [0.29, 0.717) is 38.6 Å². The van der Waals surface area contributed by atoms with Crippen molar-refractivity contribution in [1.82, 2.24) is 8.87 Å². The fraction of sp³-hybridized carbons (Fsp3) is 0.381. The lowest BCUT2D eigenvalue weighted by atomic mass is 10.3. The number of sulfonamides is 1. The van der Waals surface area contributed by atoms with Crippen molar-refractivity contribution < 1.29 is 22.3 Å². The first-order chi connectivity index (χ1) is 15.0. The Balaban J connectivity index is 1.67. The Labute approximate surface area is 185 Å². The number of hydrogen-bond acceptors (Lipinski definition) is 7. The van der Waals surface area contributed by atoms with Gasteiger partial charge in [0.25, 0.3) is 0 Å². The average molecular weight is 464 g/mol. The Morgan fingerprint density at radius 3 is 2.58 bits per heavy atom. The highest BCUT2D eigenvalue weighted by Gasteiger charge is 2.26. The molecule has 2 aromatic heterocycles. The van der Waals surface area contributed by atoms with Gasteiger partial charge < -0.3 is 18.5 Å². The van der Waals surface area contributed by atoms with Gasteiger partial charge in [-0.3, -0.25) is 0 Å². The van der Waals surface area contributed by atoms with Crippen molar-refractivity contribution in [2.75, 3.05) is 40.0 Å². The van der Waals surface area contributed by atoms with Crippen molar-refractivity contribution in [1.29, 1.82) is 0 Å². The monoisotopic (exact) mass is 463 g/mol. The van der Waals surface area contributed by atoms with Gasteiger partial charge in [0.2, 0.25) is 10.0 Å². The van der Waals surface area contributed by atoms with Gasteiger partial charge in [-0.2, -0.15) is 4.31 Å².